The molecule has 0 radical (unpaired) electrons. The van der Waals surface area contributed by atoms with E-state index in [4.69, 9.17) is 11.6 Å². The van der Waals surface area contributed by atoms with Crippen LogP contribution in [0.2, 0.25) is 5.02 Å². The summed E-state index contributed by atoms with van der Waals surface area (Å²) < 4.78 is 1.01. The van der Waals surface area contributed by atoms with Crippen molar-refractivity contribution in [3.63, 3.8) is 0 Å². The smallest absolute Gasteiger partial charge is 0.0495 e. The van der Waals surface area contributed by atoms with E-state index in [-0.39, 0.29) is 0 Å². The summed E-state index contributed by atoms with van der Waals surface area (Å²) in [6.45, 7) is 4.24. The fourth-order valence-corrected chi connectivity index (χ4v) is 2.53. The number of hydrogen-bond donors (Lipinski definition) is 0. The summed E-state index contributed by atoms with van der Waals surface area (Å²) in [7, 11) is 0. The van der Waals surface area contributed by atoms with E-state index in [1.807, 2.05) is 18.2 Å². The zero-order chi connectivity index (χ0) is 11.7. The van der Waals surface area contributed by atoms with Crippen LogP contribution in [0.4, 0.5) is 0 Å². The van der Waals surface area contributed by atoms with E-state index in [1.165, 1.54) is 16.7 Å². The van der Waals surface area contributed by atoms with Gasteiger partial charge in [0.25, 0.3) is 0 Å². The molecule has 0 atom stereocenters. The van der Waals surface area contributed by atoms with Gasteiger partial charge in [0.1, 0.15) is 0 Å². The van der Waals surface area contributed by atoms with Gasteiger partial charge in [-0.2, -0.15) is 0 Å². The van der Waals surface area contributed by atoms with E-state index in [2.05, 4.69) is 48.0 Å². The van der Waals surface area contributed by atoms with Gasteiger partial charge in [0.05, 0.1) is 0 Å². The molecule has 0 aliphatic heterocycles. The summed E-state index contributed by atoms with van der Waals surface area (Å²) in [6.07, 6.45) is 0. The molecule has 0 aliphatic rings. The second kappa shape index (κ2) is 4.60. The zero-order valence-corrected chi connectivity index (χ0v) is 11.6. The maximum Gasteiger partial charge on any atom is 0.0495 e. The standard InChI is InChI=1S/C14H12BrCl/c1-9-4-3-5-12(10(9)2)13-7-6-11(15)8-14(13)16/h3-8H,1-2H3. The number of rotatable bonds is 1. The van der Waals surface area contributed by atoms with Gasteiger partial charge in [-0.1, -0.05) is 51.8 Å². The maximum absolute atomic E-state index is 6.26. The molecule has 82 valence electrons. The van der Waals surface area contributed by atoms with Crippen LogP contribution in [0.1, 0.15) is 11.1 Å². The highest BCUT2D eigenvalue weighted by Gasteiger charge is 2.07. The Morgan fingerprint density at radius 1 is 1.00 bits per heavy atom. The predicted molar refractivity (Wildman–Crippen MR) is 74.1 cm³/mol. The molecule has 0 nitrogen and oxygen atoms in total. The number of hydrogen-bond acceptors (Lipinski definition) is 0. The largest absolute Gasteiger partial charge is 0.0836 e. The SMILES string of the molecule is Cc1cccc(-c2ccc(Br)cc2Cl)c1C. The van der Waals surface area contributed by atoms with Crippen LogP contribution in [0.5, 0.6) is 0 Å². The number of benzene rings is 2. The Morgan fingerprint density at radius 3 is 2.44 bits per heavy atom. The molecule has 0 unspecified atom stereocenters. The molecule has 0 aromatic heterocycles. The van der Waals surface area contributed by atoms with Crippen molar-refractivity contribution in [1.82, 2.24) is 0 Å². The van der Waals surface area contributed by atoms with Crippen molar-refractivity contribution < 1.29 is 0 Å². The third kappa shape index (κ3) is 2.16. The van der Waals surface area contributed by atoms with Crippen LogP contribution < -0.4 is 0 Å². The Bertz CT molecular complexity index is 532. The van der Waals surface area contributed by atoms with Crippen LogP contribution in [-0.2, 0) is 0 Å². The van der Waals surface area contributed by atoms with Gasteiger partial charge in [0.15, 0.2) is 0 Å². The zero-order valence-electron chi connectivity index (χ0n) is 9.22. The molecule has 0 N–H and O–H groups in total. The Balaban J connectivity index is 2.63. The van der Waals surface area contributed by atoms with Gasteiger partial charge >= 0.3 is 0 Å². The van der Waals surface area contributed by atoms with Crippen molar-refractivity contribution in [2.45, 2.75) is 13.8 Å². The molecule has 16 heavy (non-hydrogen) atoms. The number of aryl methyl sites for hydroxylation is 1. The second-order valence-electron chi connectivity index (χ2n) is 3.87. The molecule has 0 bridgehead atoms. The first-order valence-electron chi connectivity index (χ1n) is 5.11. The lowest BCUT2D eigenvalue weighted by atomic mass is 9.97. The molecule has 0 fully saturated rings. The quantitative estimate of drug-likeness (QED) is 0.662. The lowest BCUT2D eigenvalue weighted by Crippen LogP contribution is -1.87. The van der Waals surface area contributed by atoms with Gasteiger partial charge in [0.2, 0.25) is 0 Å². The maximum atomic E-state index is 6.26. The van der Waals surface area contributed by atoms with Gasteiger partial charge in [-0.25, -0.2) is 0 Å². The topological polar surface area (TPSA) is 0 Å². The van der Waals surface area contributed by atoms with E-state index in [0.717, 1.165) is 15.1 Å². The van der Waals surface area contributed by atoms with Crippen LogP contribution >= 0.6 is 27.5 Å². The van der Waals surface area contributed by atoms with Crippen molar-refractivity contribution in [3.8, 4) is 11.1 Å². The van der Waals surface area contributed by atoms with Gasteiger partial charge in [0, 0.05) is 15.1 Å². The molecule has 0 heterocycles. The van der Waals surface area contributed by atoms with Crippen LogP contribution in [0, 0.1) is 13.8 Å². The Labute approximate surface area is 109 Å². The molecule has 0 spiro atoms. The lowest BCUT2D eigenvalue weighted by Gasteiger charge is -2.10. The molecule has 0 amide bonds. The summed E-state index contributed by atoms with van der Waals surface area (Å²) in [5.74, 6) is 0. The average Bonchev–Trinajstić information content (AvgIpc) is 2.23. The van der Waals surface area contributed by atoms with Crippen molar-refractivity contribution in [2.24, 2.45) is 0 Å². The summed E-state index contributed by atoms with van der Waals surface area (Å²) in [6, 6.07) is 12.3. The third-order valence-electron chi connectivity index (χ3n) is 2.83. The summed E-state index contributed by atoms with van der Waals surface area (Å²) in [4.78, 5) is 0. The average molecular weight is 296 g/mol. The van der Waals surface area contributed by atoms with Crippen molar-refractivity contribution in [2.75, 3.05) is 0 Å². The fourth-order valence-electron chi connectivity index (χ4n) is 1.75. The highest BCUT2D eigenvalue weighted by molar-refractivity contribution is 9.10. The van der Waals surface area contributed by atoms with E-state index in [0.29, 0.717) is 0 Å². The van der Waals surface area contributed by atoms with E-state index in [9.17, 15) is 0 Å². The minimum absolute atomic E-state index is 0.781. The molecule has 0 saturated heterocycles. The predicted octanol–water partition coefficient (Wildman–Crippen LogP) is 5.39. The highest BCUT2D eigenvalue weighted by Crippen LogP contribution is 2.33. The molecule has 2 aromatic carbocycles. The normalized spacial score (nSPS) is 10.5. The molecule has 2 heteroatoms. The van der Waals surface area contributed by atoms with Crippen molar-refractivity contribution >= 4 is 27.5 Å². The molecule has 2 rings (SSSR count). The third-order valence-corrected chi connectivity index (χ3v) is 3.63. The van der Waals surface area contributed by atoms with Crippen LogP contribution in [-0.4, -0.2) is 0 Å². The summed E-state index contributed by atoms with van der Waals surface area (Å²) >= 11 is 9.68. The Kier molecular flexibility index (Phi) is 3.36. The van der Waals surface area contributed by atoms with Gasteiger partial charge in [-0.15, -0.1) is 0 Å². The number of halogens is 2. The van der Waals surface area contributed by atoms with Gasteiger partial charge in [-0.05, 0) is 42.7 Å². The first-order valence-corrected chi connectivity index (χ1v) is 6.28. The van der Waals surface area contributed by atoms with E-state index >= 15 is 0 Å². The van der Waals surface area contributed by atoms with Crippen molar-refractivity contribution in [3.05, 3.63) is 57.0 Å². The van der Waals surface area contributed by atoms with E-state index in [1.54, 1.807) is 0 Å². The highest BCUT2D eigenvalue weighted by atomic mass is 79.9. The van der Waals surface area contributed by atoms with Crippen molar-refractivity contribution in [1.29, 1.82) is 0 Å². The minimum atomic E-state index is 0.781. The summed E-state index contributed by atoms with van der Waals surface area (Å²) in [5, 5.41) is 0.781. The molecule has 0 saturated carbocycles. The Hall–Kier alpha value is -0.790. The second-order valence-corrected chi connectivity index (χ2v) is 5.19. The molecule has 0 aliphatic carbocycles. The lowest BCUT2D eigenvalue weighted by molar-refractivity contribution is 1.34. The summed E-state index contributed by atoms with van der Waals surface area (Å²) in [5.41, 5.74) is 4.87. The van der Waals surface area contributed by atoms with Gasteiger partial charge < -0.3 is 0 Å². The molecule has 2 aromatic rings. The van der Waals surface area contributed by atoms with Crippen LogP contribution in [0.15, 0.2) is 40.9 Å². The monoisotopic (exact) mass is 294 g/mol. The molecular formula is C14H12BrCl. The Morgan fingerprint density at radius 2 is 1.75 bits per heavy atom. The first-order chi connectivity index (χ1) is 7.59. The van der Waals surface area contributed by atoms with E-state index < -0.39 is 0 Å². The van der Waals surface area contributed by atoms with Crippen LogP contribution in [0.25, 0.3) is 11.1 Å². The van der Waals surface area contributed by atoms with Crippen LogP contribution in [0.3, 0.4) is 0 Å². The van der Waals surface area contributed by atoms with Gasteiger partial charge in [-0.3, -0.25) is 0 Å². The minimum Gasteiger partial charge on any atom is -0.0836 e. The molecular weight excluding hydrogens is 284 g/mol. The first kappa shape index (κ1) is 11.7. The fraction of sp³-hybridized carbons (Fsp3) is 0.143.